The molecule has 2 unspecified atom stereocenters. The van der Waals surface area contributed by atoms with Crippen molar-refractivity contribution in [2.75, 3.05) is 12.8 Å². The average Bonchev–Trinajstić information content (AvgIpc) is 3.10. The van der Waals surface area contributed by atoms with Gasteiger partial charge in [0.25, 0.3) is 16.0 Å². The monoisotopic (exact) mass is 465 g/mol. The molecule has 33 heavy (non-hydrogen) atoms. The van der Waals surface area contributed by atoms with E-state index < -0.39 is 32.6 Å². The van der Waals surface area contributed by atoms with Crippen molar-refractivity contribution >= 4 is 43.4 Å². The quantitative estimate of drug-likeness (QED) is 0.402. The molecule has 1 amide bonds. The van der Waals surface area contributed by atoms with Gasteiger partial charge in [-0.25, -0.2) is 5.06 Å². The largest absolute Gasteiger partial charge is 0.299 e. The van der Waals surface area contributed by atoms with Crippen LogP contribution in [0, 0.1) is 16.7 Å². The highest BCUT2D eigenvalue weighted by Crippen LogP contribution is 2.64. The molecule has 6 nitrogen and oxygen atoms in total. The first kappa shape index (κ1) is 22.0. The summed E-state index contributed by atoms with van der Waals surface area (Å²) >= 11 is 0. The Morgan fingerprint density at radius 1 is 1.03 bits per heavy atom. The zero-order valence-corrected chi connectivity index (χ0v) is 19.8. The highest BCUT2D eigenvalue weighted by atomic mass is 32.2. The summed E-state index contributed by atoms with van der Waals surface area (Å²) in [7, 11) is -2.86. The van der Waals surface area contributed by atoms with Gasteiger partial charge in [0.15, 0.2) is 0 Å². The van der Waals surface area contributed by atoms with Gasteiger partial charge < -0.3 is 0 Å². The van der Waals surface area contributed by atoms with Gasteiger partial charge in [-0.05, 0) is 70.0 Å². The minimum atomic E-state index is -4.15. The van der Waals surface area contributed by atoms with Crippen LogP contribution < -0.4 is 0 Å². The molecule has 0 radical (unpaired) electrons. The van der Waals surface area contributed by atoms with Crippen molar-refractivity contribution < 1.29 is 22.3 Å². The first-order valence-corrected chi connectivity index (χ1v) is 12.8. The van der Waals surface area contributed by atoms with Crippen LogP contribution in [-0.2, 0) is 19.2 Å². The van der Waals surface area contributed by atoms with Crippen LogP contribution in [0.3, 0.4) is 0 Å². The smallest absolute Gasteiger partial charge is 0.289 e. The highest BCUT2D eigenvalue weighted by Gasteiger charge is 2.65. The molecular formula is C26H27NO5S. The van der Waals surface area contributed by atoms with E-state index in [1.807, 2.05) is 50.2 Å². The molecule has 3 aromatic rings. The van der Waals surface area contributed by atoms with Crippen molar-refractivity contribution in [1.82, 2.24) is 5.06 Å². The minimum absolute atomic E-state index is 0.00772. The average molecular weight is 466 g/mol. The molecule has 2 aliphatic carbocycles. The molecule has 2 aliphatic rings. The number of fused-ring (bicyclic) bond motifs is 4. The van der Waals surface area contributed by atoms with E-state index in [0.717, 1.165) is 33.0 Å². The zero-order valence-electron chi connectivity index (χ0n) is 19.0. The highest BCUT2D eigenvalue weighted by molar-refractivity contribution is 7.86. The molecule has 2 atom stereocenters. The Balaban J connectivity index is 1.37. The molecule has 2 fully saturated rings. The summed E-state index contributed by atoms with van der Waals surface area (Å²) in [5.41, 5.74) is -1.01. The van der Waals surface area contributed by atoms with Crippen molar-refractivity contribution in [3.63, 3.8) is 0 Å². The molecule has 0 N–H and O–H groups in total. The second-order valence-corrected chi connectivity index (χ2v) is 11.6. The van der Waals surface area contributed by atoms with Crippen LogP contribution in [-0.4, -0.2) is 38.0 Å². The second-order valence-electron chi connectivity index (χ2n) is 10.0. The van der Waals surface area contributed by atoms with E-state index in [1.165, 1.54) is 7.05 Å². The van der Waals surface area contributed by atoms with E-state index in [9.17, 15) is 18.0 Å². The zero-order chi connectivity index (χ0) is 23.6. The van der Waals surface area contributed by atoms with E-state index in [2.05, 4.69) is 6.07 Å². The van der Waals surface area contributed by atoms with Gasteiger partial charge in [0, 0.05) is 19.0 Å². The van der Waals surface area contributed by atoms with Crippen LogP contribution in [0.2, 0.25) is 0 Å². The fourth-order valence-corrected chi connectivity index (χ4v) is 7.64. The van der Waals surface area contributed by atoms with Crippen LogP contribution in [0.4, 0.5) is 0 Å². The predicted molar refractivity (Wildman–Crippen MR) is 127 cm³/mol. The number of hydrogen-bond donors (Lipinski definition) is 0. The van der Waals surface area contributed by atoms with E-state index in [-0.39, 0.29) is 11.7 Å². The molecular weight excluding hydrogens is 438 g/mol. The topological polar surface area (TPSA) is 80.8 Å². The summed E-state index contributed by atoms with van der Waals surface area (Å²) in [4.78, 5) is 25.7. The van der Waals surface area contributed by atoms with Crippen LogP contribution in [0.15, 0.2) is 54.6 Å². The van der Waals surface area contributed by atoms with Crippen molar-refractivity contribution in [3.05, 3.63) is 60.2 Å². The van der Waals surface area contributed by atoms with Gasteiger partial charge in [-0.15, -0.1) is 4.28 Å². The van der Waals surface area contributed by atoms with Crippen LogP contribution in [0.5, 0.6) is 0 Å². The number of Topliss-reactive ketones (excluding diaryl/α,β-unsaturated/α-hetero) is 1. The van der Waals surface area contributed by atoms with Gasteiger partial charge in [-0.3, -0.25) is 9.59 Å². The minimum Gasteiger partial charge on any atom is -0.299 e. The number of carbonyl (C=O) groups is 2. The SMILES string of the molecule is CN(OS(=O)(=O)CC12CCC(CC1=O)C2(C)C)C(=O)c1ccc2cc3ccccc3cc2c1. The predicted octanol–water partition coefficient (Wildman–Crippen LogP) is 4.72. The van der Waals surface area contributed by atoms with Crippen molar-refractivity contribution in [3.8, 4) is 0 Å². The molecule has 5 rings (SSSR count). The lowest BCUT2D eigenvalue weighted by atomic mass is 9.70. The maximum Gasteiger partial charge on any atom is 0.289 e. The molecule has 7 heteroatoms. The maximum atomic E-state index is 13.0. The van der Waals surface area contributed by atoms with Crippen molar-refractivity contribution in [1.29, 1.82) is 0 Å². The van der Waals surface area contributed by atoms with E-state index in [0.29, 0.717) is 18.4 Å². The third-order valence-electron chi connectivity index (χ3n) is 8.03. The Labute approximate surface area is 193 Å². The summed E-state index contributed by atoms with van der Waals surface area (Å²) in [6.07, 6.45) is 1.81. The first-order valence-electron chi connectivity index (χ1n) is 11.2. The fourth-order valence-electron chi connectivity index (χ4n) is 5.90. The summed E-state index contributed by atoms with van der Waals surface area (Å²) in [6, 6.07) is 17.3. The number of ketones is 1. The lowest BCUT2D eigenvalue weighted by molar-refractivity contribution is -0.128. The number of amides is 1. The Morgan fingerprint density at radius 2 is 1.67 bits per heavy atom. The van der Waals surface area contributed by atoms with Gasteiger partial charge >= 0.3 is 0 Å². The summed E-state index contributed by atoms with van der Waals surface area (Å²) in [5.74, 6) is -0.767. The van der Waals surface area contributed by atoms with Gasteiger partial charge in [0.05, 0.1) is 11.2 Å². The van der Waals surface area contributed by atoms with Gasteiger partial charge in [-0.2, -0.15) is 8.42 Å². The number of nitrogens with zero attached hydrogens (tertiary/aromatic N) is 1. The molecule has 172 valence electrons. The number of rotatable bonds is 5. The Bertz CT molecular complexity index is 1410. The summed E-state index contributed by atoms with van der Waals surface area (Å²) < 4.78 is 31.1. The van der Waals surface area contributed by atoms with E-state index in [4.69, 9.17) is 4.28 Å². The Hall–Kier alpha value is -2.77. The van der Waals surface area contributed by atoms with Gasteiger partial charge in [-0.1, -0.05) is 44.2 Å². The molecule has 2 bridgehead atoms. The van der Waals surface area contributed by atoms with Crippen molar-refractivity contribution in [2.24, 2.45) is 16.7 Å². The van der Waals surface area contributed by atoms with E-state index >= 15 is 0 Å². The Kier molecular flexibility index (Phi) is 4.92. The van der Waals surface area contributed by atoms with Gasteiger partial charge in [0.1, 0.15) is 5.78 Å². The third-order valence-corrected chi connectivity index (χ3v) is 9.32. The molecule has 2 saturated carbocycles. The molecule has 3 aromatic carbocycles. The summed E-state index contributed by atoms with van der Waals surface area (Å²) in [6.45, 7) is 3.94. The number of hydrogen-bond acceptors (Lipinski definition) is 5. The fraction of sp³-hybridized carbons (Fsp3) is 0.385. The maximum absolute atomic E-state index is 13.0. The van der Waals surface area contributed by atoms with Crippen LogP contribution in [0.25, 0.3) is 21.5 Å². The standard InChI is InChI=1S/C26H27NO5S/c1-25(2)22-10-11-26(25,23(28)15-22)16-33(30,31)32-27(3)24(29)20-9-8-19-12-17-6-4-5-7-18(17)13-21(19)14-20/h4-9,12-14,22H,10-11,15-16H2,1-3H3. The molecule has 0 aliphatic heterocycles. The normalized spacial score (nSPS) is 24.0. The molecule has 0 spiro atoms. The molecule has 0 saturated heterocycles. The van der Waals surface area contributed by atoms with Crippen LogP contribution in [0.1, 0.15) is 43.5 Å². The number of hydroxylamine groups is 2. The summed E-state index contributed by atoms with van der Waals surface area (Å²) in [5, 5.41) is 4.78. The number of benzene rings is 3. The lowest BCUT2D eigenvalue weighted by Crippen LogP contribution is -2.44. The lowest BCUT2D eigenvalue weighted by Gasteiger charge is -2.36. The van der Waals surface area contributed by atoms with Crippen LogP contribution >= 0.6 is 0 Å². The molecule has 0 heterocycles. The van der Waals surface area contributed by atoms with Gasteiger partial charge in [0.2, 0.25) is 0 Å². The Morgan fingerprint density at radius 3 is 2.27 bits per heavy atom. The first-order chi connectivity index (χ1) is 15.5. The second kappa shape index (κ2) is 7.37. The third kappa shape index (κ3) is 3.45. The molecule has 0 aromatic heterocycles. The number of carbonyl (C=O) groups excluding carboxylic acids is 2. The van der Waals surface area contributed by atoms with E-state index in [1.54, 1.807) is 12.1 Å². The van der Waals surface area contributed by atoms with Crippen molar-refractivity contribution in [2.45, 2.75) is 33.1 Å².